The Balaban J connectivity index is 2.64. The lowest BCUT2D eigenvalue weighted by molar-refractivity contribution is 0.0683. The number of halogens is 1. The standard InChI is InChI=1S/C12H13BrN4O2/c1-12(2,3)11-15-9(10(18)19)16-17(11)8-4-7(13)5-14-6-8/h4-6H,1-3H3,(H,18,19). The fraction of sp³-hybridized carbons (Fsp3) is 0.333. The van der Waals surface area contributed by atoms with E-state index < -0.39 is 5.97 Å². The number of nitrogens with zero attached hydrogens (tertiary/aromatic N) is 4. The Kier molecular flexibility index (Phi) is 3.40. The maximum absolute atomic E-state index is 11.0. The van der Waals surface area contributed by atoms with Crippen molar-refractivity contribution in [3.8, 4) is 5.69 Å². The van der Waals surface area contributed by atoms with Gasteiger partial charge in [-0.25, -0.2) is 14.5 Å². The van der Waals surface area contributed by atoms with Crippen molar-refractivity contribution >= 4 is 21.9 Å². The molecule has 0 saturated heterocycles. The predicted octanol–water partition coefficient (Wildman–Crippen LogP) is 2.42. The van der Waals surface area contributed by atoms with Gasteiger partial charge in [0, 0.05) is 16.1 Å². The molecule has 6 nitrogen and oxygen atoms in total. The van der Waals surface area contributed by atoms with Gasteiger partial charge < -0.3 is 5.11 Å². The van der Waals surface area contributed by atoms with Gasteiger partial charge in [0.1, 0.15) is 5.82 Å². The van der Waals surface area contributed by atoms with Crippen LogP contribution in [0.5, 0.6) is 0 Å². The molecule has 2 rings (SSSR count). The second-order valence-electron chi connectivity index (χ2n) is 5.09. The van der Waals surface area contributed by atoms with Crippen LogP contribution in [0.3, 0.4) is 0 Å². The van der Waals surface area contributed by atoms with E-state index in [0.29, 0.717) is 11.5 Å². The van der Waals surface area contributed by atoms with Crippen molar-refractivity contribution < 1.29 is 9.90 Å². The summed E-state index contributed by atoms with van der Waals surface area (Å²) in [5.74, 6) is -0.790. The average molecular weight is 325 g/mol. The molecule has 0 spiro atoms. The zero-order valence-electron chi connectivity index (χ0n) is 10.8. The lowest BCUT2D eigenvalue weighted by Crippen LogP contribution is -2.19. The van der Waals surface area contributed by atoms with Gasteiger partial charge in [-0.05, 0) is 22.0 Å². The highest BCUT2D eigenvalue weighted by Crippen LogP contribution is 2.24. The molecule has 0 fully saturated rings. The largest absolute Gasteiger partial charge is 0.475 e. The molecule has 0 saturated carbocycles. The summed E-state index contributed by atoms with van der Waals surface area (Å²) in [5, 5.41) is 13.1. The minimum atomic E-state index is -1.15. The van der Waals surface area contributed by atoms with Crippen LogP contribution in [0.15, 0.2) is 22.9 Å². The van der Waals surface area contributed by atoms with E-state index in [-0.39, 0.29) is 11.2 Å². The number of carboxylic acids is 1. The summed E-state index contributed by atoms with van der Waals surface area (Å²) in [7, 11) is 0. The molecule has 2 aromatic heterocycles. The number of aromatic nitrogens is 4. The van der Waals surface area contributed by atoms with E-state index in [0.717, 1.165) is 4.47 Å². The summed E-state index contributed by atoms with van der Waals surface area (Å²) in [6.45, 7) is 5.85. The van der Waals surface area contributed by atoms with E-state index in [1.54, 1.807) is 12.4 Å². The maximum atomic E-state index is 11.0. The highest BCUT2D eigenvalue weighted by molar-refractivity contribution is 9.10. The van der Waals surface area contributed by atoms with E-state index in [4.69, 9.17) is 5.11 Å². The maximum Gasteiger partial charge on any atom is 0.375 e. The number of carboxylic acid groups (broad SMARTS) is 1. The molecule has 0 aliphatic carbocycles. The monoisotopic (exact) mass is 324 g/mol. The van der Waals surface area contributed by atoms with Gasteiger partial charge in [0.15, 0.2) is 0 Å². The van der Waals surface area contributed by atoms with Crippen LogP contribution in [0.2, 0.25) is 0 Å². The number of aromatic carboxylic acids is 1. The zero-order valence-corrected chi connectivity index (χ0v) is 12.3. The molecule has 0 amide bonds. The summed E-state index contributed by atoms with van der Waals surface area (Å²) >= 11 is 3.33. The van der Waals surface area contributed by atoms with E-state index >= 15 is 0 Å². The highest BCUT2D eigenvalue weighted by atomic mass is 79.9. The van der Waals surface area contributed by atoms with Gasteiger partial charge in [-0.15, -0.1) is 5.10 Å². The molecule has 2 heterocycles. The van der Waals surface area contributed by atoms with Crippen molar-refractivity contribution in [1.29, 1.82) is 0 Å². The third-order valence-electron chi connectivity index (χ3n) is 2.40. The van der Waals surface area contributed by atoms with Crippen molar-refractivity contribution in [1.82, 2.24) is 19.7 Å². The fourth-order valence-corrected chi connectivity index (χ4v) is 1.94. The molecule has 0 atom stereocenters. The van der Waals surface area contributed by atoms with Crippen molar-refractivity contribution in [3.63, 3.8) is 0 Å². The Labute approximate surface area is 118 Å². The minimum absolute atomic E-state index is 0.218. The molecule has 0 unspecified atom stereocenters. The minimum Gasteiger partial charge on any atom is -0.475 e. The lowest BCUT2D eigenvalue weighted by atomic mass is 9.95. The fourth-order valence-electron chi connectivity index (χ4n) is 1.58. The van der Waals surface area contributed by atoms with Gasteiger partial charge in [0.2, 0.25) is 0 Å². The van der Waals surface area contributed by atoms with E-state index in [1.165, 1.54) is 4.68 Å². The number of carbonyl (C=O) groups is 1. The van der Waals surface area contributed by atoms with Gasteiger partial charge in [0.05, 0.1) is 11.9 Å². The van der Waals surface area contributed by atoms with Crippen LogP contribution in [-0.4, -0.2) is 30.8 Å². The van der Waals surface area contributed by atoms with Gasteiger partial charge in [0.25, 0.3) is 5.82 Å². The molecule has 0 aliphatic heterocycles. The van der Waals surface area contributed by atoms with Crippen LogP contribution < -0.4 is 0 Å². The molecule has 0 aliphatic rings. The third-order valence-corrected chi connectivity index (χ3v) is 2.84. The number of hydrogen-bond acceptors (Lipinski definition) is 4. The summed E-state index contributed by atoms with van der Waals surface area (Å²) < 4.78 is 2.30. The SMILES string of the molecule is CC(C)(C)c1nc(C(=O)O)nn1-c1cncc(Br)c1. The van der Waals surface area contributed by atoms with Crippen molar-refractivity contribution in [2.45, 2.75) is 26.2 Å². The number of rotatable bonds is 2. The van der Waals surface area contributed by atoms with Gasteiger partial charge in [-0.3, -0.25) is 4.98 Å². The second kappa shape index (κ2) is 4.73. The number of hydrogen-bond donors (Lipinski definition) is 1. The van der Waals surface area contributed by atoms with Crippen LogP contribution in [-0.2, 0) is 5.41 Å². The van der Waals surface area contributed by atoms with Gasteiger partial charge in [-0.1, -0.05) is 20.8 Å². The normalized spacial score (nSPS) is 11.6. The molecule has 100 valence electrons. The zero-order chi connectivity index (χ0) is 14.2. The summed E-state index contributed by atoms with van der Waals surface area (Å²) in [6.07, 6.45) is 3.26. The quantitative estimate of drug-likeness (QED) is 0.917. The third kappa shape index (κ3) is 2.81. The first-order valence-corrected chi connectivity index (χ1v) is 6.40. The molecule has 0 aromatic carbocycles. The van der Waals surface area contributed by atoms with Crippen molar-refractivity contribution in [2.24, 2.45) is 0 Å². The molecule has 0 radical (unpaired) electrons. The molecule has 19 heavy (non-hydrogen) atoms. The molecule has 2 aromatic rings. The highest BCUT2D eigenvalue weighted by Gasteiger charge is 2.26. The average Bonchev–Trinajstić information content (AvgIpc) is 2.73. The van der Waals surface area contributed by atoms with Crippen molar-refractivity contribution in [2.75, 3.05) is 0 Å². The predicted molar refractivity (Wildman–Crippen MR) is 72.5 cm³/mol. The Bertz CT molecular complexity index is 631. The Morgan fingerprint density at radius 1 is 1.37 bits per heavy atom. The van der Waals surface area contributed by atoms with E-state index in [2.05, 4.69) is 31.0 Å². The first-order chi connectivity index (χ1) is 8.79. The second-order valence-corrected chi connectivity index (χ2v) is 6.00. The van der Waals surface area contributed by atoms with Crippen LogP contribution in [0, 0.1) is 0 Å². The van der Waals surface area contributed by atoms with E-state index in [1.807, 2.05) is 26.8 Å². The molecular weight excluding hydrogens is 312 g/mol. The molecule has 7 heteroatoms. The Morgan fingerprint density at radius 3 is 2.58 bits per heavy atom. The van der Waals surface area contributed by atoms with Crippen molar-refractivity contribution in [3.05, 3.63) is 34.6 Å². The lowest BCUT2D eigenvalue weighted by Gasteiger charge is -2.18. The Morgan fingerprint density at radius 2 is 2.05 bits per heavy atom. The summed E-state index contributed by atoms with van der Waals surface area (Å²) in [4.78, 5) is 19.2. The first-order valence-electron chi connectivity index (χ1n) is 5.61. The number of pyridine rings is 1. The van der Waals surface area contributed by atoms with E-state index in [9.17, 15) is 4.79 Å². The van der Waals surface area contributed by atoms with Crippen LogP contribution in [0.4, 0.5) is 0 Å². The van der Waals surface area contributed by atoms with Crippen LogP contribution in [0.1, 0.15) is 37.2 Å². The first kappa shape index (κ1) is 13.7. The summed E-state index contributed by atoms with van der Waals surface area (Å²) in [5.41, 5.74) is 0.336. The van der Waals surface area contributed by atoms with Gasteiger partial charge >= 0.3 is 5.97 Å². The summed E-state index contributed by atoms with van der Waals surface area (Å²) in [6, 6.07) is 1.81. The van der Waals surface area contributed by atoms with Crippen LogP contribution >= 0.6 is 15.9 Å². The Hall–Kier alpha value is -1.76. The molecule has 1 N–H and O–H groups in total. The molecule has 0 bridgehead atoms. The molecular formula is C12H13BrN4O2. The topological polar surface area (TPSA) is 80.9 Å². The van der Waals surface area contributed by atoms with Crippen LogP contribution in [0.25, 0.3) is 5.69 Å². The smallest absolute Gasteiger partial charge is 0.375 e. The van der Waals surface area contributed by atoms with Gasteiger partial charge in [-0.2, -0.15) is 0 Å².